The lowest BCUT2D eigenvalue weighted by Gasteiger charge is -2.50. The van der Waals surface area contributed by atoms with Crippen molar-refractivity contribution in [1.82, 2.24) is 29.7 Å². The molecule has 0 unspecified atom stereocenters. The van der Waals surface area contributed by atoms with E-state index in [1.54, 1.807) is 0 Å². The van der Waals surface area contributed by atoms with E-state index in [2.05, 4.69) is 20.6 Å². The summed E-state index contributed by atoms with van der Waals surface area (Å²) in [5.74, 6) is -1.26. The molecule has 95 heavy (non-hydrogen) atoms. The number of piperazine rings is 1. The Morgan fingerprint density at radius 3 is 0.789 bits per heavy atom. The van der Waals surface area contributed by atoms with Gasteiger partial charge in [-0.1, -0.05) is 0 Å². The number of nitrogens with zero attached hydrogens (tertiary/aromatic N) is 4. The van der Waals surface area contributed by atoms with Crippen molar-refractivity contribution in [1.29, 1.82) is 0 Å². The highest BCUT2D eigenvalue weighted by atomic mass is 16.8. The van der Waals surface area contributed by atoms with Gasteiger partial charge in [0.25, 0.3) is 0 Å². The van der Waals surface area contributed by atoms with Gasteiger partial charge in [0.05, 0.1) is 70.2 Å². The van der Waals surface area contributed by atoms with Gasteiger partial charge in [-0.05, 0) is 0 Å². The predicted molar refractivity (Wildman–Crippen MR) is 290 cm³/mol. The Kier molecular flexibility index (Phi) is 21.9. The van der Waals surface area contributed by atoms with E-state index in [1.807, 2.05) is 0 Å². The van der Waals surface area contributed by atoms with Crippen LogP contribution in [0.3, 0.4) is 0 Å². The first kappa shape index (κ1) is 70.9. The second-order valence-electron chi connectivity index (χ2n) is 24.9. The van der Waals surface area contributed by atoms with Crippen molar-refractivity contribution >= 4 is 11.8 Å². The van der Waals surface area contributed by atoms with Gasteiger partial charge in [-0.15, -0.1) is 0 Å². The number of aliphatic hydroxyl groups excluding tert-OH is 19. The molecule has 41 nitrogen and oxygen atoms in total. The standard InChI is InChI=1S/C54H80N6O35/c61-7-20-41-27(68)34(75)50(84-20)89-39-18-5-59-3-14(55-12-59)1-16-46(80)58-17(47(81)57-16)2-15-4-60(13-56-15)6-19-40(25(66)32(73)48(82-19)91-41)90-51-35(76)28(69)43(22(9-63)85-51)93-53-37(78)30(71)45(24(11-65)87-53)95-54-38(79)31(72)44(23(10-64)88-54)94-52-36(77)29(70)42(21(8-62)86-52)92-49(83-18)33(74)26(39)67/h3-4,12-13,16-45,48-54,61-79H,1-2,5-11H2,(H,57,81)(H,58,80)/t16-,17-,18+,19+,20+,21+,22+,23+,24+,25+,26+,27+,28+,29+,30+,31+,32+,33+,34+,35+,36+,37+,38+,39+,40+,41+,42+,43+,44+,45+,48+,49+,50+,51+,52+,53+,54+/m0/s1. The van der Waals surface area contributed by atoms with Crippen LogP contribution in [0.5, 0.6) is 0 Å². The Bertz CT molecular complexity index is 2880. The fraction of sp³-hybridized carbons (Fsp3) is 0.852. The zero-order valence-electron chi connectivity index (χ0n) is 49.9. The Morgan fingerprint density at radius 1 is 0.326 bits per heavy atom. The summed E-state index contributed by atoms with van der Waals surface area (Å²) in [7, 11) is 0. The van der Waals surface area contributed by atoms with Gasteiger partial charge in [-0.3, -0.25) is 9.59 Å². The third kappa shape index (κ3) is 13.9. The molecule has 25 aliphatic rings. The van der Waals surface area contributed by atoms with E-state index in [9.17, 15) is 107 Å². The minimum Gasteiger partial charge on any atom is -0.394 e. The van der Waals surface area contributed by atoms with Crippen molar-refractivity contribution in [3.05, 3.63) is 36.4 Å². The molecule has 27 rings (SSSR count). The van der Waals surface area contributed by atoms with Gasteiger partial charge in [0.2, 0.25) is 11.8 Å². The van der Waals surface area contributed by atoms with E-state index in [4.69, 9.17) is 66.3 Å². The summed E-state index contributed by atoms with van der Waals surface area (Å²) in [6, 6.07) is -2.38. The molecule has 22 bridgehead atoms. The van der Waals surface area contributed by atoms with E-state index in [1.165, 1.54) is 34.2 Å². The van der Waals surface area contributed by atoms with E-state index >= 15 is 0 Å². The number of hydrogen-bond donors (Lipinski definition) is 21. The molecule has 41 heteroatoms. The lowest BCUT2D eigenvalue weighted by molar-refractivity contribution is -0.396. The molecule has 536 valence electrons. The molecule has 37 atom stereocenters. The molecule has 25 aliphatic heterocycles. The van der Waals surface area contributed by atoms with Crippen LogP contribution >= 0.6 is 0 Å². The average Bonchev–Trinajstić information content (AvgIpc) is 0.794. The van der Waals surface area contributed by atoms with Gasteiger partial charge in [0.15, 0.2) is 44.0 Å². The number of aliphatic hydroxyl groups is 19. The van der Waals surface area contributed by atoms with Gasteiger partial charge in [0.1, 0.15) is 183 Å². The topological polar surface area (TPSA) is 607 Å². The fourth-order valence-corrected chi connectivity index (χ4v) is 13.4. The third-order valence-electron chi connectivity index (χ3n) is 18.7. The van der Waals surface area contributed by atoms with Crippen molar-refractivity contribution in [3.63, 3.8) is 0 Å². The summed E-state index contributed by atoms with van der Waals surface area (Å²) in [5, 5.41) is 223. The normalized spacial score (nSPS) is 50.2. The quantitative estimate of drug-likeness (QED) is 0.132. The molecule has 0 radical (unpaired) electrons. The summed E-state index contributed by atoms with van der Waals surface area (Å²) in [5.41, 5.74) is 0.408. The summed E-state index contributed by atoms with van der Waals surface area (Å²) in [6.45, 7) is -6.23. The second-order valence-corrected chi connectivity index (χ2v) is 24.9. The van der Waals surface area contributed by atoms with Gasteiger partial charge in [-0.2, -0.15) is 0 Å². The SMILES string of the molecule is O=C1N[C@H]2Cc3cn(cn3)C[C@H]3O[C@@H]4O[C@H]5[C@H](O)[C@@H](O)[C@@H](O[C@H]6[C@H](O)[C@@H](O)[C@@H](O[C@H]7[C@H](O)[C@@H](O)[C@@H](O[C@H]8[C@H](O)[C@@H](O)[C@@H](O[C@H]9[C@H](O)[C@@H](O)[C@@H](O[C@H]%10[C@H](O)[C@@H](O)[C@@H](O[C@H]3[C@H](O)[C@H]4O)O[C@@H]%10CO)O[C@@H]9CO)O[C@@H]8CO)O[C@@H]7CO)O[C@@H]6Cn3cnc(c3)C[C@@H]1NC2=O)O[C@@H]5CO. The van der Waals surface area contributed by atoms with E-state index in [-0.39, 0.29) is 24.2 Å². The van der Waals surface area contributed by atoms with Crippen molar-refractivity contribution in [3.8, 4) is 0 Å². The molecule has 0 aromatic carbocycles. The monoisotopic (exact) mass is 1370 g/mol. The number of imidazole rings is 2. The lowest BCUT2D eigenvalue weighted by atomic mass is 9.95. The van der Waals surface area contributed by atoms with Crippen LogP contribution in [0, 0.1) is 0 Å². The lowest BCUT2D eigenvalue weighted by Crippen LogP contribution is -2.68. The molecule has 0 saturated carbocycles. The van der Waals surface area contributed by atoms with E-state index in [0.29, 0.717) is 0 Å². The van der Waals surface area contributed by atoms with Gasteiger partial charge in [0, 0.05) is 25.2 Å². The zero-order valence-corrected chi connectivity index (χ0v) is 49.9. The van der Waals surface area contributed by atoms with E-state index < -0.39 is 285 Å². The molecule has 0 aliphatic carbocycles. The predicted octanol–water partition coefficient (Wildman–Crippen LogP) is -15.3. The number of rotatable bonds is 5. The minimum absolute atomic E-state index is 0.200. The molecule has 0 spiro atoms. The molecule has 21 fully saturated rings. The average molecular weight is 1370 g/mol. The molecular weight excluding hydrogens is 1290 g/mol. The maximum absolute atomic E-state index is 13.7. The summed E-state index contributed by atoms with van der Waals surface area (Å²) < 4.78 is 86.2. The maximum Gasteiger partial charge on any atom is 0.243 e. The summed E-state index contributed by atoms with van der Waals surface area (Å²) in [4.78, 5) is 36.1. The molecule has 27 heterocycles. The van der Waals surface area contributed by atoms with Crippen molar-refractivity contribution in [2.24, 2.45) is 0 Å². The van der Waals surface area contributed by atoms with Crippen molar-refractivity contribution < 1.29 is 173 Å². The Hall–Kier alpha value is -3.96. The molecular formula is C54H80N6O35. The van der Waals surface area contributed by atoms with Gasteiger partial charge < -0.3 is 183 Å². The first-order valence-electron chi connectivity index (χ1n) is 30.8. The molecule has 21 saturated heterocycles. The van der Waals surface area contributed by atoms with Crippen LogP contribution in [-0.4, -0.2) is 388 Å². The van der Waals surface area contributed by atoms with E-state index in [0.717, 1.165) is 0 Å². The number of aromatic nitrogens is 4. The number of nitrogens with one attached hydrogen (secondary N) is 2. The third-order valence-corrected chi connectivity index (χ3v) is 18.7. The number of hydrogen-bond acceptors (Lipinski definition) is 37. The van der Waals surface area contributed by atoms with Gasteiger partial charge >= 0.3 is 0 Å². The van der Waals surface area contributed by atoms with Crippen LogP contribution < -0.4 is 10.6 Å². The van der Waals surface area contributed by atoms with Crippen LogP contribution in [0.25, 0.3) is 0 Å². The smallest absolute Gasteiger partial charge is 0.243 e. The van der Waals surface area contributed by atoms with Crippen molar-refractivity contribution in [2.75, 3.05) is 33.0 Å². The Labute approximate surface area is 535 Å². The summed E-state index contributed by atoms with van der Waals surface area (Å²) in [6.07, 6.45) is -66.1. The fourth-order valence-electron chi connectivity index (χ4n) is 13.4. The molecule has 2 aromatic rings. The van der Waals surface area contributed by atoms with Crippen LogP contribution in [-0.2, 0) is 102 Å². The highest BCUT2D eigenvalue weighted by Crippen LogP contribution is 2.40. The van der Waals surface area contributed by atoms with Crippen LogP contribution in [0.4, 0.5) is 0 Å². The number of ether oxygens (including phenoxy) is 14. The van der Waals surface area contributed by atoms with Crippen LogP contribution in [0.15, 0.2) is 25.0 Å². The first-order valence-corrected chi connectivity index (χ1v) is 30.8. The second kappa shape index (κ2) is 29.3. The molecule has 21 N–H and O–H groups in total. The van der Waals surface area contributed by atoms with Crippen LogP contribution in [0.1, 0.15) is 11.4 Å². The highest BCUT2D eigenvalue weighted by Gasteiger charge is 2.60. The zero-order chi connectivity index (χ0) is 67.7. The summed E-state index contributed by atoms with van der Waals surface area (Å²) >= 11 is 0. The van der Waals surface area contributed by atoms with Crippen LogP contribution in [0.2, 0.25) is 0 Å². The maximum atomic E-state index is 13.7. The highest BCUT2D eigenvalue weighted by molar-refractivity contribution is 5.97. The molecule has 2 amide bonds. The van der Waals surface area contributed by atoms with Crippen molar-refractivity contribution in [2.45, 2.75) is 253 Å². The Balaban J connectivity index is 0.911. The van der Waals surface area contributed by atoms with Gasteiger partial charge in [-0.25, -0.2) is 9.97 Å². The first-order chi connectivity index (χ1) is 45.4. The minimum atomic E-state index is -2.25. The number of amides is 2. The molecule has 2 aromatic heterocycles. The number of carbonyl (C=O) groups excluding carboxylic acids is 2. The largest absolute Gasteiger partial charge is 0.394 e. The number of carbonyl (C=O) groups is 2. The Morgan fingerprint density at radius 2 is 0.547 bits per heavy atom.